The maximum Gasteiger partial charge on any atom is 0.271 e. The molecule has 1 N–H and O–H groups in total. The third-order valence-electron chi connectivity index (χ3n) is 4.90. The molecule has 8 nitrogen and oxygen atoms in total. The van der Waals surface area contributed by atoms with Gasteiger partial charge < -0.3 is 10.2 Å². The van der Waals surface area contributed by atoms with Crippen molar-refractivity contribution in [1.82, 2.24) is 29.9 Å². The second-order valence-corrected chi connectivity index (χ2v) is 7.41. The van der Waals surface area contributed by atoms with E-state index in [1.165, 1.54) is 34.5 Å². The fraction of sp³-hybridized carbons (Fsp3) is 0.316. The summed E-state index contributed by atoms with van der Waals surface area (Å²) in [4.78, 5) is 23.7. The fourth-order valence-corrected chi connectivity index (χ4v) is 3.50. The maximum atomic E-state index is 14.6. The Hall–Kier alpha value is -3.14. The van der Waals surface area contributed by atoms with Gasteiger partial charge in [-0.05, 0) is 19.1 Å². The lowest BCUT2D eigenvalue weighted by molar-refractivity contribution is -0.0249. The molecule has 156 valence electrons. The number of likely N-dealkylation sites (tertiary alicyclic amines) is 1. The third-order valence-corrected chi connectivity index (χ3v) is 5.10. The zero-order valence-corrected chi connectivity index (χ0v) is 16.7. The van der Waals surface area contributed by atoms with Gasteiger partial charge in [-0.15, -0.1) is 0 Å². The van der Waals surface area contributed by atoms with Crippen molar-refractivity contribution in [2.45, 2.75) is 25.3 Å². The first-order valence-corrected chi connectivity index (χ1v) is 9.60. The average Bonchev–Trinajstić information content (AvgIpc) is 3.35. The molecule has 2 aromatic heterocycles. The highest BCUT2D eigenvalue weighted by atomic mass is 35.5. The highest BCUT2D eigenvalue weighted by molar-refractivity contribution is 6.30. The maximum absolute atomic E-state index is 14.6. The number of halogens is 3. The average molecular weight is 434 g/mol. The van der Waals surface area contributed by atoms with E-state index in [0.29, 0.717) is 10.7 Å². The molecule has 0 unspecified atom stereocenters. The van der Waals surface area contributed by atoms with E-state index in [0.717, 1.165) is 5.56 Å². The van der Waals surface area contributed by atoms with Crippen LogP contribution in [0.15, 0.2) is 43.0 Å². The van der Waals surface area contributed by atoms with E-state index in [-0.39, 0.29) is 24.6 Å². The van der Waals surface area contributed by atoms with Crippen molar-refractivity contribution in [2.24, 2.45) is 0 Å². The van der Waals surface area contributed by atoms with Crippen LogP contribution >= 0.6 is 11.6 Å². The molecule has 3 heterocycles. The minimum absolute atomic E-state index is 0.0699. The molecule has 0 bridgehead atoms. The van der Waals surface area contributed by atoms with Crippen LogP contribution in [0.5, 0.6) is 0 Å². The van der Waals surface area contributed by atoms with Crippen molar-refractivity contribution >= 4 is 23.5 Å². The number of rotatable bonds is 5. The van der Waals surface area contributed by atoms with Crippen LogP contribution in [0.2, 0.25) is 5.02 Å². The summed E-state index contributed by atoms with van der Waals surface area (Å²) in [6.45, 7) is 1.55. The number of carbonyl (C=O) groups excluding carboxylic acids is 1. The topological polar surface area (TPSA) is 88.8 Å². The first-order valence-electron chi connectivity index (χ1n) is 9.23. The summed E-state index contributed by atoms with van der Waals surface area (Å²) in [6, 6.07) is 3.81. The van der Waals surface area contributed by atoms with Crippen LogP contribution < -0.4 is 5.32 Å². The summed E-state index contributed by atoms with van der Waals surface area (Å²) in [5, 5.41) is 11.2. The number of nitrogens with one attached hydrogen (secondary N) is 1. The molecule has 1 atom stereocenters. The van der Waals surface area contributed by atoms with E-state index in [2.05, 4.69) is 25.5 Å². The first kappa shape index (κ1) is 20.1. The zero-order valence-electron chi connectivity index (χ0n) is 16.0. The van der Waals surface area contributed by atoms with Gasteiger partial charge in [0.25, 0.3) is 11.8 Å². The van der Waals surface area contributed by atoms with E-state index in [1.54, 1.807) is 12.1 Å². The minimum atomic E-state index is -3.05. The Balaban J connectivity index is 1.61. The summed E-state index contributed by atoms with van der Waals surface area (Å²) in [6.07, 6.45) is 5.27. The van der Waals surface area contributed by atoms with Gasteiger partial charge in [-0.25, -0.2) is 18.7 Å². The van der Waals surface area contributed by atoms with Crippen LogP contribution in [0.1, 0.15) is 22.3 Å². The molecule has 1 saturated heterocycles. The predicted octanol–water partition coefficient (Wildman–Crippen LogP) is 2.98. The molecular weight excluding hydrogens is 416 g/mol. The molecule has 3 aromatic rings. The van der Waals surface area contributed by atoms with Crippen molar-refractivity contribution < 1.29 is 13.6 Å². The summed E-state index contributed by atoms with van der Waals surface area (Å²) in [5.41, 5.74) is 1.51. The molecule has 0 spiro atoms. The number of hydrogen-bond donors (Lipinski definition) is 1. The molecule has 1 amide bonds. The highest BCUT2D eigenvalue weighted by Gasteiger charge is 2.50. The number of hydrogen-bond acceptors (Lipinski definition) is 6. The van der Waals surface area contributed by atoms with Crippen LogP contribution in [0.25, 0.3) is 5.69 Å². The van der Waals surface area contributed by atoms with E-state index in [4.69, 9.17) is 11.6 Å². The van der Waals surface area contributed by atoms with Gasteiger partial charge in [0.1, 0.15) is 6.04 Å². The summed E-state index contributed by atoms with van der Waals surface area (Å²) < 4.78 is 29.3. The lowest BCUT2D eigenvalue weighted by Crippen LogP contribution is -2.47. The first-order chi connectivity index (χ1) is 14.3. The van der Waals surface area contributed by atoms with Gasteiger partial charge >= 0.3 is 0 Å². The number of alkyl halides is 2. The Kier molecular flexibility index (Phi) is 5.33. The molecule has 11 heteroatoms. The third kappa shape index (κ3) is 3.95. The van der Waals surface area contributed by atoms with Crippen LogP contribution in [-0.4, -0.2) is 60.8 Å². The second-order valence-electron chi connectivity index (χ2n) is 6.97. The van der Waals surface area contributed by atoms with Gasteiger partial charge in [0.2, 0.25) is 5.95 Å². The number of anilines is 1. The molecule has 30 heavy (non-hydrogen) atoms. The number of aryl methyl sites for hydroxylation is 1. The quantitative estimate of drug-likeness (QED) is 0.665. The lowest BCUT2D eigenvalue weighted by atomic mass is 10.1. The summed E-state index contributed by atoms with van der Waals surface area (Å²) >= 11 is 5.75. The molecule has 0 aliphatic carbocycles. The molecular formula is C19H18ClF2N7O. The van der Waals surface area contributed by atoms with Crippen molar-refractivity contribution in [3.63, 3.8) is 0 Å². The predicted molar refractivity (Wildman–Crippen MR) is 106 cm³/mol. The Morgan fingerprint density at radius 2 is 1.97 bits per heavy atom. The van der Waals surface area contributed by atoms with E-state index in [1.807, 2.05) is 13.0 Å². The number of nitrogens with zero attached hydrogens (tertiary/aromatic N) is 6. The Labute approximate surface area is 175 Å². The Morgan fingerprint density at radius 3 is 2.67 bits per heavy atom. The SMILES string of the molecule is Cc1ccc(-n2nccn2)c(C(=O)N2CCC(F)(F)[C@H]2CNc2ncc(Cl)cn2)c1. The van der Waals surface area contributed by atoms with E-state index in [9.17, 15) is 13.6 Å². The van der Waals surface area contributed by atoms with Gasteiger partial charge in [0.15, 0.2) is 0 Å². The monoisotopic (exact) mass is 433 g/mol. The van der Waals surface area contributed by atoms with Gasteiger partial charge in [0, 0.05) is 19.5 Å². The molecule has 4 rings (SSSR count). The van der Waals surface area contributed by atoms with Crippen molar-refractivity contribution in [1.29, 1.82) is 0 Å². The molecule has 1 fully saturated rings. The lowest BCUT2D eigenvalue weighted by Gasteiger charge is -2.28. The van der Waals surface area contributed by atoms with Crippen molar-refractivity contribution in [3.8, 4) is 5.69 Å². The standard InChI is InChI=1S/C19H18ClF2N7O/c1-12-2-3-15(29-26-5-6-27-29)14(8-12)17(30)28-7-4-19(21,22)16(28)11-25-18-23-9-13(20)10-24-18/h2-3,5-6,8-10,16H,4,7,11H2,1H3,(H,23,24,25)/t16-/m1/s1. The molecule has 1 aliphatic rings. The number of aromatic nitrogens is 5. The Morgan fingerprint density at radius 1 is 1.27 bits per heavy atom. The molecule has 1 aromatic carbocycles. The van der Waals surface area contributed by atoms with Crippen molar-refractivity contribution in [2.75, 3.05) is 18.4 Å². The van der Waals surface area contributed by atoms with Crippen LogP contribution in [-0.2, 0) is 0 Å². The van der Waals surface area contributed by atoms with Crippen LogP contribution in [0, 0.1) is 6.92 Å². The van der Waals surface area contributed by atoms with Gasteiger partial charge in [-0.3, -0.25) is 4.79 Å². The number of carbonyl (C=O) groups is 1. The Bertz CT molecular complexity index is 1040. The molecule has 0 saturated carbocycles. The normalized spacial score (nSPS) is 17.9. The van der Waals surface area contributed by atoms with Gasteiger partial charge in [0.05, 0.1) is 41.1 Å². The summed E-state index contributed by atoms with van der Waals surface area (Å²) in [5.74, 6) is -3.40. The van der Waals surface area contributed by atoms with E-state index >= 15 is 0 Å². The number of amides is 1. The van der Waals surface area contributed by atoms with Crippen LogP contribution in [0.4, 0.5) is 14.7 Å². The fourth-order valence-electron chi connectivity index (χ4n) is 3.40. The number of benzene rings is 1. The summed E-state index contributed by atoms with van der Waals surface area (Å²) in [7, 11) is 0. The van der Waals surface area contributed by atoms with Crippen molar-refractivity contribution in [3.05, 3.63) is 59.1 Å². The second kappa shape index (κ2) is 7.94. The molecule has 1 aliphatic heterocycles. The van der Waals surface area contributed by atoms with Gasteiger partial charge in [-0.2, -0.15) is 15.0 Å². The molecule has 0 radical (unpaired) electrons. The zero-order chi connectivity index (χ0) is 21.3. The minimum Gasteiger partial charge on any atom is -0.352 e. The largest absolute Gasteiger partial charge is 0.352 e. The van der Waals surface area contributed by atoms with E-state index < -0.39 is 24.3 Å². The van der Waals surface area contributed by atoms with Crippen LogP contribution in [0.3, 0.4) is 0 Å². The van der Waals surface area contributed by atoms with Gasteiger partial charge in [-0.1, -0.05) is 23.2 Å². The smallest absolute Gasteiger partial charge is 0.271 e. The highest BCUT2D eigenvalue weighted by Crippen LogP contribution is 2.35.